The summed E-state index contributed by atoms with van der Waals surface area (Å²) in [4.78, 5) is 21.1. The Morgan fingerprint density at radius 2 is 1.12 bits per heavy atom. The van der Waals surface area contributed by atoms with Crippen molar-refractivity contribution in [2.45, 2.75) is 40.5 Å². The van der Waals surface area contributed by atoms with Crippen LogP contribution in [0.25, 0.3) is 0 Å². The molecule has 0 aliphatic carbocycles. The van der Waals surface area contributed by atoms with Crippen molar-refractivity contribution in [1.29, 1.82) is 0 Å². The van der Waals surface area contributed by atoms with Crippen LogP contribution in [-0.4, -0.2) is 30.1 Å². The van der Waals surface area contributed by atoms with Crippen molar-refractivity contribution in [3.05, 3.63) is 108 Å². The van der Waals surface area contributed by atoms with Gasteiger partial charge in [-0.15, -0.1) is 0 Å². The van der Waals surface area contributed by atoms with Crippen LogP contribution in [0.5, 0.6) is 0 Å². The maximum atomic E-state index is 10.6. The van der Waals surface area contributed by atoms with Crippen molar-refractivity contribution in [2.75, 3.05) is 13.2 Å². The van der Waals surface area contributed by atoms with Crippen LogP contribution < -0.4 is 0 Å². The number of ether oxygens (including phenoxy) is 1. The van der Waals surface area contributed by atoms with E-state index in [1.54, 1.807) is 13.8 Å². The summed E-state index contributed by atoms with van der Waals surface area (Å²) >= 11 is 0. The molecule has 32 heavy (non-hydrogen) atoms. The van der Waals surface area contributed by atoms with E-state index in [1.807, 2.05) is 66.7 Å². The Morgan fingerprint density at radius 1 is 0.719 bits per heavy atom. The van der Waals surface area contributed by atoms with Crippen LogP contribution in [0.1, 0.15) is 49.2 Å². The molecule has 0 aliphatic heterocycles. The van der Waals surface area contributed by atoms with Crippen LogP contribution in [0.15, 0.2) is 91.0 Å². The second-order valence-corrected chi connectivity index (χ2v) is 6.65. The van der Waals surface area contributed by atoms with Gasteiger partial charge in [0.15, 0.2) is 5.78 Å². The molecular formula is C28H36O4. The maximum absolute atomic E-state index is 10.6. The SMILES string of the molecule is CC(=O)OCCc1ccccc1.CC(=O)c1ccccc1.CCO.CCc1ccccc1. The largest absolute Gasteiger partial charge is 0.466 e. The molecule has 3 aromatic rings. The lowest BCUT2D eigenvalue weighted by Gasteiger charge is -2.00. The number of Topliss-reactive ketones (excluding diaryl/α,β-unsaturated/α-hetero) is 1. The Morgan fingerprint density at radius 3 is 1.44 bits per heavy atom. The molecule has 0 amide bonds. The second-order valence-electron chi connectivity index (χ2n) is 6.65. The van der Waals surface area contributed by atoms with E-state index in [4.69, 9.17) is 9.84 Å². The van der Waals surface area contributed by atoms with E-state index in [1.165, 1.54) is 18.1 Å². The molecule has 4 nitrogen and oxygen atoms in total. The molecule has 0 saturated carbocycles. The minimum absolute atomic E-state index is 0.121. The molecule has 0 spiro atoms. The fourth-order valence-electron chi connectivity index (χ4n) is 2.34. The highest BCUT2D eigenvalue weighted by atomic mass is 16.5. The Kier molecular flexibility index (Phi) is 17.7. The number of rotatable bonds is 5. The first-order valence-corrected chi connectivity index (χ1v) is 10.8. The highest BCUT2D eigenvalue weighted by Gasteiger charge is 1.94. The van der Waals surface area contributed by atoms with Gasteiger partial charge in [0.25, 0.3) is 0 Å². The van der Waals surface area contributed by atoms with E-state index in [9.17, 15) is 9.59 Å². The van der Waals surface area contributed by atoms with Crippen molar-refractivity contribution >= 4 is 11.8 Å². The molecule has 0 atom stereocenters. The predicted octanol–water partition coefficient (Wildman–Crippen LogP) is 5.93. The number of hydrogen-bond acceptors (Lipinski definition) is 4. The third kappa shape index (κ3) is 16.5. The van der Waals surface area contributed by atoms with Crippen LogP contribution in [0.2, 0.25) is 0 Å². The Balaban J connectivity index is 0.000000432. The van der Waals surface area contributed by atoms with Crippen LogP contribution in [0, 0.1) is 0 Å². The number of aliphatic hydroxyl groups excluding tert-OH is 1. The lowest BCUT2D eigenvalue weighted by molar-refractivity contribution is -0.140. The summed E-state index contributed by atoms with van der Waals surface area (Å²) in [5.41, 5.74) is 3.38. The molecule has 0 aliphatic rings. The molecular weight excluding hydrogens is 400 g/mol. The zero-order valence-corrected chi connectivity index (χ0v) is 19.7. The van der Waals surface area contributed by atoms with Crippen molar-refractivity contribution in [3.8, 4) is 0 Å². The van der Waals surface area contributed by atoms with Gasteiger partial charge in [-0.2, -0.15) is 0 Å². The van der Waals surface area contributed by atoms with Gasteiger partial charge in [-0.1, -0.05) is 97.9 Å². The molecule has 3 aromatic carbocycles. The highest BCUT2D eigenvalue weighted by molar-refractivity contribution is 5.93. The second kappa shape index (κ2) is 19.7. The predicted molar refractivity (Wildman–Crippen MR) is 132 cm³/mol. The normalized spacial score (nSPS) is 8.91. The topological polar surface area (TPSA) is 63.6 Å². The minimum Gasteiger partial charge on any atom is -0.466 e. The number of aryl methyl sites for hydroxylation is 1. The average Bonchev–Trinajstić information content (AvgIpc) is 2.82. The van der Waals surface area contributed by atoms with E-state index >= 15 is 0 Å². The summed E-state index contributed by atoms with van der Waals surface area (Å²) in [6.45, 7) is 7.55. The van der Waals surface area contributed by atoms with Crippen molar-refractivity contribution in [3.63, 3.8) is 0 Å². The van der Waals surface area contributed by atoms with Gasteiger partial charge < -0.3 is 9.84 Å². The molecule has 0 unspecified atom stereocenters. The summed E-state index contributed by atoms with van der Waals surface area (Å²) in [6.07, 6.45) is 1.93. The monoisotopic (exact) mass is 436 g/mol. The first-order chi connectivity index (χ1) is 15.4. The molecule has 3 rings (SSSR count). The third-order valence-electron chi connectivity index (χ3n) is 3.97. The number of hydrogen-bond donors (Lipinski definition) is 1. The molecule has 0 saturated heterocycles. The number of benzene rings is 3. The molecule has 0 aromatic heterocycles. The molecule has 1 N–H and O–H groups in total. The van der Waals surface area contributed by atoms with Gasteiger partial charge in [-0.05, 0) is 31.4 Å². The highest BCUT2D eigenvalue weighted by Crippen LogP contribution is 1.99. The quantitative estimate of drug-likeness (QED) is 0.398. The Hall–Kier alpha value is -3.24. The van der Waals surface area contributed by atoms with Crippen LogP contribution in [0.3, 0.4) is 0 Å². The fraction of sp³-hybridized carbons (Fsp3) is 0.286. The van der Waals surface area contributed by atoms with E-state index < -0.39 is 0 Å². The van der Waals surface area contributed by atoms with Crippen molar-refractivity contribution in [1.82, 2.24) is 0 Å². The summed E-state index contributed by atoms with van der Waals surface area (Å²) in [5.74, 6) is -0.0958. The summed E-state index contributed by atoms with van der Waals surface area (Å²) in [7, 11) is 0. The van der Waals surface area contributed by atoms with Crippen molar-refractivity contribution in [2.24, 2.45) is 0 Å². The zero-order chi connectivity index (χ0) is 24.0. The van der Waals surface area contributed by atoms with Crippen molar-refractivity contribution < 1.29 is 19.4 Å². The van der Waals surface area contributed by atoms with E-state index in [0.717, 1.165) is 18.4 Å². The van der Waals surface area contributed by atoms with Gasteiger partial charge in [-0.25, -0.2) is 0 Å². The van der Waals surface area contributed by atoms with Gasteiger partial charge in [0.2, 0.25) is 0 Å². The molecule has 0 radical (unpaired) electrons. The number of carbonyl (C=O) groups excluding carboxylic acids is 2. The van der Waals surface area contributed by atoms with E-state index in [2.05, 4.69) is 31.2 Å². The summed E-state index contributed by atoms with van der Waals surface area (Å²) in [5, 5.41) is 7.57. The fourth-order valence-corrected chi connectivity index (χ4v) is 2.34. The molecule has 0 heterocycles. The average molecular weight is 437 g/mol. The van der Waals surface area contributed by atoms with E-state index in [-0.39, 0.29) is 18.4 Å². The number of esters is 1. The molecule has 4 heteroatoms. The standard InChI is InChI=1S/C10H12O2.C8H8O.C8H10.C2H6O/c1-9(11)12-8-7-10-5-3-2-4-6-10;1-7(9)8-5-3-2-4-6-8;1-2-8-6-4-3-5-7-8;1-2-3/h2-6H,7-8H2,1H3;2-6H,1H3;3-7H,2H2,1H3;3H,2H2,1H3. The lowest BCUT2D eigenvalue weighted by atomic mass is 10.2. The minimum atomic E-state index is -0.217. The van der Waals surface area contributed by atoms with Gasteiger partial charge in [0.05, 0.1) is 6.61 Å². The first-order valence-electron chi connectivity index (χ1n) is 10.8. The molecule has 0 bridgehead atoms. The lowest BCUT2D eigenvalue weighted by Crippen LogP contribution is -2.02. The maximum Gasteiger partial charge on any atom is 0.302 e. The number of ketones is 1. The summed E-state index contributed by atoms with van der Waals surface area (Å²) in [6, 6.07) is 29.6. The molecule has 172 valence electrons. The first kappa shape index (κ1) is 28.8. The Labute approximate surface area is 192 Å². The zero-order valence-electron chi connectivity index (χ0n) is 19.7. The Bertz CT molecular complexity index is 831. The summed E-state index contributed by atoms with van der Waals surface area (Å²) < 4.78 is 4.81. The van der Waals surface area contributed by atoms with Crippen LogP contribution in [0.4, 0.5) is 0 Å². The van der Waals surface area contributed by atoms with Gasteiger partial charge >= 0.3 is 5.97 Å². The van der Waals surface area contributed by atoms with Gasteiger partial charge in [0.1, 0.15) is 0 Å². The molecule has 0 fully saturated rings. The van der Waals surface area contributed by atoms with Crippen LogP contribution in [-0.2, 0) is 22.4 Å². The van der Waals surface area contributed by atoms with E-state index in [0.29, 0.717) is 6.61 Å². The van der Waals surface area contributed by atoms with Gasteiger partial charge in [0, 0.05) is 25.5 Å². The van der Waals surface area contributed by atoms with Crippen LogP contribution >= 0.6 is 0 Å². The number of aliphatic hydroxyl groups is 1. The third-order valence-corrected chi connectivity index (χ3v) is 3.97. The smallest absolute Gasteiger partial charge is 0.302 e. The van der Waals surface area contributed by atoms with Gasteiger partial charge in [-0.3, -0.25) is 9.59 Å². The number of carbonyl (C=O) groups is 2.